The van der Waals surface area contributed by atoms with Crippen molar-refractivity contribution in [1.82, 2.24) is 5.32 Å². The van der Waals surface area contributed by atoms with E-state index in [-0.39, 0.29) is 29.8 Å². The minimum Gasteiger partial charge on any atom is -0.388 e. The zero-order chi connectivity index (χ0) is 17.9. The Kier molecular flexibility index (Phi) is 5.43. The summed E-state index contributed by atoms with van der Waals surface area (Å²) in [6, 6.07) is 4.69. The number of amides is 1. The third kappa shape index (κ3) is 4.44. The molecule has 0 spiro atoms. The summed E-state index contributed by atoms with van der Waals surface area (Å²) in [5.74, 6) is -0.406. The molecule has 7 nitrogen and oxygen atoms in total. The maximum absolute atomic E-state index is 12.3. The van der Waals surface area contributed by atoms with Crippen LogP contribution in [0.2, 0.25) is 0 Å². The Morgan fingerprint density at radius 2 is 2.17 bits per heavy atom. The molecule has 1 aliphatic rings. The lowest BCUT2D eigenvalue weighted by molar-refractivity contribution is -0.384. The minimum atomic E-state index is -1.02. The van der Waals surface area contributed by atoms with Gasteiger partial charge in [-0.1, -0.05) is 20.3 Å². The van der Waals surface area contributed by atoms with Crippen LogP contribution in [-0.2, 0) is 0 Å². The number of hydrogen-bond acceptors (Lipinski definition) is 5. The molecule has 0 bridgehead atoms. The molecule has 0 radical (unpaired) electrons. The predicted octanol–water partition coefficient (Wildman–Crippen LogP) is 2.70. The molecule has 3 N–H and O–H groups in total. The number of carbonyl (C=O) groups excluding carboxylic acids is 1. The van der Waals surface area contributed by atoms with Crippen LogP contribution in [-0.4, -0.2) is 34.1 Å². The summed E-state index contributed by atoms with van der Waals surface area (Å²) in [5.41, 5.74) is -0.485. The van der Waals surface area contributed by atoms with Crippen molar-refractivity contribution in [3.63, 3.8) is 0 Å². The van der Waals surface area contributed by atoms with E-state index in [9.17, 15) is 20.0 Å². The summed E-state index contributed by atoms with van der Waals surface area (Å²) < 4.78 is 0. The summed E-state index contributed by atoms with van der Waals surface area (Å²) in [5, 5.41) is 27.3. The molecule has 0 heterocycles. The maximum Gasteiger partial charge on any atom is 0.293 e. The standard InChI is InChI=1S/C17H25N3O4/c1-4-11(2)17(3,22)10-18-16(21)12-5-8-14(19-13-6-7-13)15(9-12)20(23)24/h5,8-9,11,13,19,22H,4,6-7,10H2,1-3H3,(H,18,21). The molecular formula is C17H25N3O4. The second-order valence-corrected chi connectivity index (χ2v) is 6.76. The lowest BCUT2D eigenvalue weighted by Gasteiger charge is -2.29. The Hall–Kier alpha value is -2.15. The van der Waals surface area contributed by atoms with Gasteiger partial charge in [-0.3, -0.25) is 14.9 Å². The summed E-state index contributed by atoms with van der Waals surface area (Å²) in [6.45, 7) is 5.65. The molecule has 1 aliphatic carbocycles. The number of nitro benzene ring substituents is 1. The molecular weight excluding hydrogens is 310 g/mol. The highest BCUT2D eigenvalue weighted by Crippen LogP contribution is 2.31. The van der Waals surface area contributed by atoms with E-state index < -0.39 is 16.4 Å². The van der Waals surface area contributed by atoms with Crippen LogP contribution < -0.4 is 10.6 Å². The number of benzene rings is 1. The van der Waals surface area contributed by atoms with Crippen LogP contribution in [0.15, 0.2) is 18.2 Å². The zero-order valence-corrected chi connectivity index (χ0v) is 14.3. The van der Waals surface area contributed by atoms with Gasteiger partial charge in [-0.25, -0.2) is 0 Å². The first-order valence-corrected chi connectivity index (χ1v) is 8.30. The van der Waals surface area contributed by atoms with Crippen molar-refractivity contribution in [3.8, 4) is 0 Å². The Morgan fingerprint density at radius 3 is 2.71 bits per heavy atom. The molecule has 24 heavy (non-hydrogen) atoms. The van der Waals surface area contributed by atoms with Crippen molar-refractivity contribution < 1.29 is 14.8 Å². The van der Waals surface area contributed by atoms with Crippen LogP contribution >= 0.6 is 0 Å². The van der Waals surface area contributed by atoms with Gasteiger partial charge in [0.15, 0.2) is 0 Å². The molecule has 1 saturated carbocycles. The van der Waals surface area contributed by atoms with Crippen molar-refractivity contribution >= 4 is 17.3 Å². The highest BCUT2D eigenvalue weighted by Gasteiger charge is 2.28. The minimum absolute atomic E-state index is 0.0252. The Balaban J connectivity index is 2.09. The van der Waals surface area contributed by atoms with Crippen LogP contribution in [0.3, 0.4) is 0 Å². The topological polar surface area (TPSA) is 104 Å². The van der Waals surface area contributed by atoms with Crippen LogP contribution in [0, 0.1) is 16.0 Å². The SMILES string of the molecule is CCC(C)C(C)(O)CNC(=O)c1ccc(NC2CC2)c([N+](=O)[O-])c1. The van der Waals surface area contributed by atoms with Crippen molar-refractivity contribution in [1.29, 1.82) is 0 Å². The van der Waals surface area contributed by atoms with Gasteiger partial charge < -0.3 is 15.7 Å². The number of aliphatic hydroxyl groups is 1. The Labute approximate surface area is 141 Å². The van der Waals surface area contributed by atoms with Gasteiger partial charge in [0.25, 0.3) is 11.6 Å². The fourth-order valence-electron chi connectivity index (χ4n) is 2.37. The number of anilines is 1. The fraction of sp³-hybridized carbons (Fsp3) is 0.588. The largest absolute Gasteiger partial charge is 0.388 e. The first-order chi connectivity index (χ1) is 11.2. The Bertz CT molecular complexity index is 626. The first-order valence-electron chi connectivity index (χ1n) is 8.30. The zero-order valence-electron chi connectivity index (χ0n) is 14.3. The molecule has 2 atom stereocenters. The third-order valence-corrected chi connectivity index (χ3v) is 4.67. The second-order valence-electron chi connectivity index (χ2n) is 6.76. The molecule has 1 amide bonds. The van der Waals surface area contributed by atoms with E-state index in [4.69, 9.17) is 0 Å². The normalized spacial score (nSPS) is 17.7. The molecule has 0 aliphatic heterocycles. The highest BCUT2D eigenvalue weighted by atomic mass is 16.6. The smallest absolute Gasteiger partial charge is 0.293 e. The molecule has 1 fully saturated rings. The van der Waals surface area contributed by atoms with Gasteiger partial charge in [-0.05, 0) is 37.8 Å². The molecule has 1 aromatic carbocycles. The van der Waals surface area contributed by atoms with Crippen molar-refractivity contribution in [3.05, 3.63) is 33.9 Å². The molecule has 2 rings (SSSR count). The highest BCUT2D eigenvalue weighted by molar-refractivity contribution is 5.95. The summed E-state index contributed by atoms with van der Waals surface area (Å²) in [7, 11) is 0. The summed E-state index contributed by atoms with van der Waals surface area (Å²) in [4.78, 5) is 23.0. The van der Waals surface area contributed by atoms with Gasteiger partial charge in [-0.15, -0.1) is 0 Å². The van der Waals surface area contributed by atoms with Crippen molar-refractivity contribution in [2.45, 2.75) is 51.7 Å². The monoisotopic (exact) mass is 335 g/mol. The van der Waals surface area contributed by atoms with E-state index in [0.717, 1.165) is 19.3 Å². The summed E-state index contributed by atoms with van der Waals surface area (Å²) >= 11 is 0. The van der Waals surface area contributed by atoms with E-state index in [1.54, 1.807) is 19.1 Å². The van der Waals surface area contributed by atoms with Gasteiger partial charge >= 0.3 is 0 Å². The maximum atomic E-state index is 12.3. The molecule has 1 aromatic rings. The van der Waals surface area contributed by atoms with Crippen LogP contribution in [0.25, 0.3) is 0 Å². The van der Waals surface area contributed by atoms with Gasteiger partial charge in [0.2, 0.25) is 0 Å². The predicted molar refractivity (Wildman–Crippen MR) is 92.2 cm³/mol. The lowest BCUT2D eigenvalue weighted by atomic mass is 9.88. The van der Waals surface area contributed by atoms with Gasteiger partial charge in [-0.2, -0.15) is 0 Å². The number of hydrogen-bond donors (Lipinski definition) is 3. The number of carbonyl (C=O) groups is 1. The van der Waals surface area contributed by atoms with E-state index in [1.807, 2.05) is 13.8 Å². The quantitative estimate of drug-likeness (QED) is 0.500. The molecule has 0 saturated heterocycles. The number of nitro groups is 1. The average Bonchev–Trinajstić information content (AvgIpc) is 3.35. The molecule has 7 heteroatoms. The summed E-state index contributed by atoms with van der Waals surface area (Å²) in [6.07, 6.45) is 2.80. The van der Waals surface area contributed by atoms with Gasteiger partial charge in [0, 0.05) is 24.2 Å². The fourth-order valence-corrected chi connectivity index (χ4v) is 2.37. The van der Waals surface area contributed by atoms with E-state index in [0.29, 0.717) is 5.69 Å². The second kappa shape index (κ2) is 7.17. The average molecular weight is 335 g/mol. The van der Waals surface area contributed by atoms with Gasteiger partial charge in [0.05, 0.1) is 10.5 Å². The van der Waals surface area contributed by atoms with Crippen LogP contribution in [0.5, 0.6) is 0 Å². The van der Waals surface area contributed by atoms with Crippen molar-refractivity contribution in [2.24, 2.45) is 5.92 Å². The van der Waals surface area contributed by atoms with E-state index >= 15 is 0 Å². The van der Waals surface area contributed by atoms with E-state index in [1.165, 1.54) is 6.07 Å². The van der Waals surface area contributed by atoms with E-state index in [2.05, 4.69) is 10.6 Å². The van der Waals surface area contributed by atoms with Crippen LogP contribution in [0.1, 0.15) is 50.4 Å². The number of rotatable bonds is 8. The van der Waals surface area contributed by atoms with Crippen LogP contribution in [0.4, 0.5) is 11.4 Å². The molecule has 132 valence electrons. The van der Waals surface area contributed by atoms with Crippen molar-refractivity contribution in [2.75, 3.05) is 11.9 Å². The van der Waals surface area contributed by atoms with Gasteiger partial charge in [0.1, 0.15) is 5.69 Å². The first kappa shape index (κ1) is 18.2. The molecule has 0 aromatic heterocycles. The lowest BCUT2D eigenvalue weighted by Crippen LogP contribution is -2.45. The Morgan fingerprint density at radius 1 is 1.50 bits per heavy atom. The third-order valence-electron chi connectivity index (χ3n) is 4.67. The number of nitrogens with zero attached hydrogens (tertiary/aromatic N) is 1. The molecule has 2 unspecified atom stereocenters. The number of nitrogens with one attached hydrogen (secondary N) is 2.